The number of rotatable bonds is 3. The SMILES string of the molecule is CN(C)S(=O)(=O)c1cccc(C(=O)N=C2N=C3C=CC=CN3Cc3ccccc32)c1. The molecule has 0 unspecified atom stereocenters. The number of carbonyl (C=O) groups is 1. The Morgan fingerprint density at radius 2 is 1.90 bits per heavy atom. The Balaban J connectivity index is 1.78. The van der Waals surface area contributed by atoms with Gasteiger partial charge in [-0.15, -0.1) is 0 Å². The van der Waals surface area contributed by atoms with Crippen molar-refractivity contribution in [1.82, 2.24) is 9.21 Å². The number of sulfonamides is 1. The van der Waals surface area contributed by atoms with E-state index >= 15 is 0 Å². The number of benzene rings is 2. The van der Waals surface area contributed by atoms with Crippen molar-refractivity contribution < 1.29 is 13.2 Å². The zero-order chi connectivity index (χ0) is 21.3. The number of hydrogen-bond donors (Lipinski definition) is 0. The number of amidine groups is 2. The molecule has 8 heteroatoms. The Morgan fingerprint density at radius 3 is 2.70 bits per heavy atom. The lowest BCUT2D eigenvalue weighted by molar-refractivity contribution is 0.100. The van der Waals surface area contributed by atoms with E-state index < -0.39 is 15.9 Å². The summed E-state index contributed by atoms with van der Waals surface area (Å²) in [6.07, 6.45) is 7.58. The lowest BCUT2D eigenvalue weighted by Gasteiger charge is -2.20. The first-order chi connectivity index (χ1) is 14.4. The molecule has 152 valence electrons. The van der Waals surface area contributed by atoms with Crippen LogP contribution in [0, 0.1) is 0 Å². The molecule has 7 nitrogen and oxygen atoms in total. The summed E-state index contributed by atoms with van der Waals surface area (Å²) < 4.78 is 25.9. The summed E-state index contributed by atoms with van der Waals surface area (Å²) in [6.45, 7) is 0.611. The molecule has 1 amide bonds. The maximum absolute atomic E-state index is 12.9. The summed E-state index contributed by atoms with van der Waals surface area (Å²) in [4.78, 5) is 23.8. The third-order valence-electron chi connectivity index (χ3n) is 4.80. The first kappa shape index (κ1) is 19.9. The Hall–Kier alpha value is -3.36. The Kier molecular flexibility index (Phi) is 5.19. The van der Waals surface area contributed by atoms with Gasteiger partial charge in [0, 0.05) is 38.0 Å². The molecule has 30 heavy (non-hydrogen) atoms. The van der Waals surface area contributed by atoms with Gasteiger partial charge < -0.3 is 4.90 Å². The number of amides is 1. The van der Waals surface area contributed by atoms with Crippen molar-refractivity contribution in [2.24, 2.45) is 9.98 Å². The summed E-state index contributed by atoms with van der Waals surface area (Å²) in [7, 11) is -0.765. The van der Waals surface area contributed by atoms with Gasteiger partial charge >= 0.3 is 0 Å². The number of carbonyl (C=O) groups excluding carboxylic acids is 1. The molecule has 0 fully saturated rings. The lowest BCUT2D eigenvalue weighted by atomic mass is 10.1. The Bertz CT molecular complexity index is 1240. The van der Waals surface area contributed by atoms with Crippen molar-refractivity contribution >= 4 is 27.6 Å². The average Bonchev–Trinajstić information content (AvgIpc) is 2.90. The molecule has 0 atom stereocenters. The van der Waals surface area contributed by atoms with Crippen LogP contribution in [0.3, 0.4) is 0 Å². The van der Waals surface area contributed by atoms with Gasteiger partial charge in [-0.1, -0.05) is 36.4 Å². The van der Waals surface area contributed by atoms with Gasteiger partial charge in [-0.2, -0.15) is 4.99 Å². The van der Waals surface area contributed by atoms with Gasteiger partial charge in [-0.3, -0.25) is 4.79 Å². The molecule has 0 aromatic heterocycles. The molecule has 2 aliphatic rings. The van der Waals surface area contributed by atoms with Gasteiger partial charge in [0.1, 0.15) is 5.84 Å². The quantitative estimate of drug-likeness (QED) is 0.765. The average molecular weight is 420 g/mol. The van der Waals surface area contributed by atoms with Crippen LogP contribution in [0.1, 0.15) is 21.5 Å². The lowest BCUT2D eigenvalue weighted by Crippen LogP contribution is -2.24. The van der Waals surface area contributed by atoms with Gasteiger partial charge in [0.25, 0.3) is 5.91 Å². The monoisotopic (exact) mass is 420 g/mol. The van der Waals surface area contributed by atoms with E-state index in [-0.39, 0.29) is 10.5 Å². The van der Waals surface area contributed by atoms with Crippen molar-refractivity contribution in [1.29, 1.82) is 0 Å². The summed E-state index contributed by atoms with van der Waals surface area (Å²) in [5.41, 5.74) is 1.95. The van der Waals surface area contributed by atoms with Crippen LogP contribution in [-0.4, -0.2) is 49.3 Å². The summed E-state index contributed by atoms with van der Waals surface area (Å²) in [5.74, 6) is 0.432. The predicted molar refractivity (Wildman–Crippen MR) is 116 cm³/mol. The van der Waals surface area contributed by atoms with Crippen molar-refractivity contribution in [2.75, 3.05) is 14.1 Å². The number of allylic oxidation sites excluding steroid dienone is 2. The maximum Gasteiger partial charge on any atom is 0.279 e. The molecule has 0 bridgehead atoms. The molecule has 0 N–H and O–H groups in total. The molecule has 0 saturated carbocycles. The third kappa shape index (κ3) is 3.74. The smallest absolute Gasteiger partial charge is 0.279 e. The molecular weight excluding hydrogens is 400 g/mol. The highest BCUT2D eigenvalue weighted by atomic mass is 32.2. The fraction of sp³-hybridized carbons (Fsp3) is 0.136. The Morgan fingerprint density at radius 1 is 1.10 bits per heavy atom. The Labute approximate surface area is 175 Å². The first-order valence-electron chi connectivity index (χ1n) is 9.30. The molecule has 2 heterocycles. The van der Waals surface area contributed by atoms with Gasteiger partial charge in [0.15, 0.2) is 5.84 Å². The summed E-state index contributed by atoms with van der Waals surface area (Å²) in [6, 6.07) is 13.5. The van der Waals surface area contributed by atoms with E-state index in [9.17, 15) is 13.2 Å². The van der Waals surface area contributed by atoms with Crippen LogP contribution in [0.15, 0.2) is 87.8 Å². The summed E-state index contributed by atoms with van der Waals surface area (Å²) >= 11 is 0. The predicted octanol–water partition coefficient (Wildman–Crippen LogP) is 2.82. The molecule has 0 spiro atoms. The highest BCUT2D eigenvalue weighted by Crippen LogP contribution is 2.21. The minimum absolute atomic E-state index is 0.0395. The highest BCUT2D eigenvalue weighted by Gasteiger charge is 2.22. The maximum atomic E-state index is 12.9. The minimum atomic E-state index is -3.65. The minimum Gasteiger partial charge on any atom is -0.329 e. The third-order valence-corrected chi connectivity index (χ3v) is 6.61. The van der Waals surface area contributed by atoms with Crippen molar-refractivity contribution in [3.8, 4) is 0 Å². The number of fused-ring (bicyclic) bond motifs is 2. The van der Waals surface area contributed by atoms with Gasteiger partial charge in [0.2, 0.25) is 10.0 Å². The van der Waals surface area contributed by atoms with Gasteiger partial charge in [0.05, 0.1) is 4.90 Å². The van der Waals surface area contributed by atoms with E-state index in [1.165, 1.54) is 32.3 Å². The van der Waals surface area contributed by atoms with Crippen LogP contribution in [0.4, 0.5) is 0 Å². The largest absolute Gasteiger partial charge is 0.329 e. The van der Waals surface area contributed by atoms with E-state index in [4.69, 9.17) is 0 Å². The number of nitrogens with zero attached hydrogens (tertiary/aromatic N) is 4. The second-order valence-corrected chi connectivity index (χ2v) is 9.16. The van der Waals surface area contributed by atoms with Crippen LogP contribution >= 0.6 is 0 Å². The molecule has 0 radical (unpaired) electrons. The normalized spacial score (nSPS) is 16.8. The second kappa shape index (κ2) is 7.81. The first-order valence-corrected chi connectivity index (χ1v) is 10.7. The molecule has 2 aromatic rings. The van der Waals surface area contributed by atoms with Gasteiger partial charge in [-0.05, 0) is 35.9 Å². The fourth-order valence-corrected chi connectivity index (χ4v) is 4.13. The molecule has 4 rings (SSSR count). The van der Waals surface area contributed by atoms with E-state index in [0.717, 1.165) is 15.4 Å². The summed E-state index contributed by atoms with van der Waals surface area (Å²) in [5, 5.41) is 0. The van der Waals surface area contributed by atoms with E-state index in [1.54, 1.807) is 6.07 Å². The zero-order valence-corrected chi connectivity index (χ0v) is 17.4. The number of hydrogen-bond acceptors (Lipinski definition) is 4. The zero-order valence-electron chi connectivity index (χ0n) is 16.6. The molecular formula is C22H20N4O3S. The molecule has 0 saturated heterocycles. The van der Waals surface area contributed by atoms with Gasteiger partial charge in [-0.25, -0.2) is 17.7 Å². The number of aliphatic imine (C=N–C) groups is 2. The molecule has 2 aromatic carbocycles. The van der Waals surface area contributed by atoms with Crippen LogP contribution in [-0.2, 0) is 16.6 Å². The van der Waals surface area contributed by atoms with Crippen molar-refractivity contribution in [3.63, 3.8) is 0 Å². The molecule has 2 aliphatic heterocycles. The van der Waals surface area contributed by atoms with Crippen LogP contribution in [0.25, 0.3) is 0 Å². The van der Waals surface area contributed by atoms with E-state index in [2.05, 4.69) is 9.98 Å². The van der Waals surface area contributed by atoms with E-state index in [1.807, 2.05) is 53.6 Å². The molecule has 0 aliphatic carbocycles. The standard InChI is InChI=1S/C22H20N4O3S/c1-25(2)30(28,29)18-10-7-9-16(14-18)22(27)24-21-19-11-4-3-8-17(19)15-26-13-6-5-12-20(26)23-21/h3-14H,15H2,1-2H3. The van der Waals surface area contributed by atoms with Crippen LogP contribution in [0.5, 0.6) is 0 Å². The van der Waals surface area contributed by atoms with Crippen molar-refractivity contribution in [2.45, 2.75) is 11.4 Å². The topological polar surface area (TPSA) is 82.4 Å². The fourth-order valence-electron chi connectivity index (χ4n) is 3.18. The second-order valence-electron chi connectivity index (χ2n) is 7.01. The van der Waals surface area contributed by atoms with Crippen LogP contribution in [0.2, 0.25) is 0 Å². The van der Waals surface area contributed by atoms with E-state index in [0.29, 0.717) is 18.2 Å². The van der Waals surface area contributed by atoms with Crippen molar-refractivity contribution in [3.05, 3.63) is 89.6 Å². The van der Waals surface area contributed by atoms with Crippen LogP contribution < -0.4 is 0 Å². The highest BCUT2D eigenvalue weighted by molar-refractivity contribution is 7.89.